The number of rotatable bonds is 3. The first-order chi connectivity index (χ1) is 7.29. The second-order valence-corrected chi connectivity index (χ2v) is 4.50. The average Bonchev–Trinajstić information content (AvgIpc) is 2.15. The molecule has 1 aromatic rings. The molecule has 0 aliphatic rings. The second-order valence-electron chi connectivity index (χ2n) is 3.37. The monoisotopic (exact) mass is 248 g/mol. The van der Waals surface area contributed by atoms with Gasteiger partial charge in [0.15, 0.2) is 0 Å². The van der Waals surface area contributed by atoms with E-state index < -0.39 is 11.6 Å². The molecule has 1 nitrogen and oxygen atoms in total. The largest absolute Gasteiger partial charge is 0.446 e. The van der Waals surface area contributed by atoms with E-state index in [1.165, 1.54) is 24.3 Å². The zero-order valence-electron chi connectivity index (χ0n) is 8.58. The van der Waals surface area contributed by atoms with Crippen LogP contribution in [-0.2, 0) is 0 Å². The highest BCUT2D eigenvalue weighted by molar-refractivity contribution is 8.00. The summed E-state index contributed by atoms with van der Waals surface area (Å²) in [5, 5.41) is 9.59. The van der Waals surface area contributed by atoms with Crippen LogP contribution in [0.25, 0.3) is 0 Å². The van der Waals surface area contributed by atoms with Crippen molar-refractivity contribution in [3.05, 3.63) is 42.0 Å². The van der Waals surface area contributed by atoms with Crippen molar-refractivity contribution in [3.8, 4) is 0 Å². The van der Waals surface area contributed by atoms with Crippen molar-refractivity contribution in [3.63, 3.8) is 0 Å². The maximum absolute atomic E-state index is 12.0. The third-order valence-corrected chi connectivity index (χ3v) is 2.64. The van der Waals surface area contributed by atoms with E-state index in [2.05, 4.69) is 6.58 Å². The molecule has 16 heavy (non-hydrogen) atoms. The molecule has 0 saturated heterocycles. The van der Waals surface area contributed by atoms with Crippen LogP contribution in [0, 0.1) is 0 Å². The smallest absolute Gasteiger partial charge is 0.384 e. The molecule has 0 aliphatic heterocycles. The fourth-order valence-corrected chi connectivity index (χ4v) is 1.68. The predicted molar refractivity (Wildman–Crippen MR) is 58.1 cm³/mol. The molecule has 88 valence electrons. The number of hydrogen-bond donors (Lipinski definition) is 1. The highest BCUT2D eigenvalue weighted by Crippen LogP contribution is 2.37. The summed E-state index contributed by atoms with van der Waals surface area (Å²) in [5.41, 5.74) is -3.19. The van der Waals surface area contributed by atoms with E-state index in [0.717, 1.165) is 0 Å². The second kappa shape index (κ2) is 4.93. The van der Waals surface area contributed by atoms with Gasteiger partial charge in [0, 0.05) is 4.90 Å². The minimum atomic E-state index is -4.28. The summed E-state index contributed by atoms with van der Waals surface area (Å²) in [6, 6.07) is 5.60. The summed E-state index contributed by atoms with van der Waals surface area (Å²) in [4.78, 5) is 0.102. The van der Waals surface area contributed by atoms with Crippen molar-refractivity contribution in [1.29, 1.82) is 0 Å². The first-order valence-electron chi connectivity index (χ1n) is 4.49. The van der Waals surface area contributed by atoms with Crippen LogP contribution in [-0.4, -0.2) is 10.6 Å². The van der Waals surface area contributed by atoms with E-state index in [4.69, 9.17) is 0 Å². The van der Waals surface area contributed by atoms with E-state index >= 15 is 0 Å². The van der Waals surface area contributed by atoms with E-state index in [1.807, 2.05) is 0 Å². The summed E-state index contributed by atoms with van der Waals surface area (Å²) in [7, 11) is 0. The lowest BCUT2D eigenvalue weighted by atomic mass is 10.0. The average molecular weight is 248 g/mol. The van der Waals surface area contributed by atoms with E-state index in [9.17, 15) is 18.3 Å². The molecule has 0 bridgehead atoms. The lowest BCUT2D eigenvalue weighted by Crippen LogP contribution is -2.00. The Labute approximate surface area is 96.0 Å². The van der Waals surface area contributed by atoms with Gasteiger partial charge in [0.25, 0.3) is 0 Å². The molecule has 0 radical (unpaired) electrons. The lowest BCUT2D eigenvalue weighted by Gasteiger charge is -2.11. The Morgan fingerprint density at radius 1 is 1.31 bits per heavy atom. The van der Waals surface area contributed by atoms with Gasteiger partial charge in [0.05, 0.1) is 6.10 Å². The zero-order valence-corrected chi connectivity index (χ0v) is 9.40. The summed E-state index contributed by atoms with van der Waals surface area (Å²) < 4.78 is 36.1. The molecule has 1 N–H and O–H groups in total. The fourth-order valence-electron chi connectivity index (χ4n) is 1.14. The molecule has 1 unspecified atom stereocenters. The molecule has 1 rings (SSSR count). The molecule has 0 saturated carbocycles. The highest BCUT2D eigenvalue weighted by Gasteiger charge is 2.29. The Morgan fingerprint density at radius 3 is 2.19 bits per heavy atom. The Kier molecular flexibility index (Phi) is 4.04. The van der Waals surface area contributed by atoms with Gasteiger partial charge in [-0.3, -0.25) is 0 Å². The van der Waals surface area contributed by atoms with Crippen molar-refractivity contribution in [1.82, 2.24) is 0 Å². The highest BCUT2D eigenvalue weighted by atomic mass is 32.2. The Hall–Kier alpha value is -0.940. The summed E-state index contributed by atoms with van der Waals surface area (Å²) in [5.74, 6) is 0. The van der Waals surface area contributed by atoms with Gasteiger partial charge in [0.1, 0.15) is 0 Å². The molecule has 1 aromatic carbocycles. The summed E-state index contributed by atoms with van der Waals surface area (Å²) in [6.07, 6.45) is -0.829. The minimum absolute atomic E-state index is 0.102. The van der Waals surface area contributed by atoms with Gasteiger partial charge in [-0.2, -0.15) is 13.2 Å². The van der Waals surface area contributed by atoms with Gasteiger partial charge in [-0.25, -0.2) is 0 Å². The van der Waals surface area contributed by atoms with Crippen LogP contribution in [0.1, 0.15) is 18.6 Å². The van der Waals surface area contributed by atoms with Gasteiger partial charge >= 0.3 is 5.51 Å². The van der Waals surface area contributed by atoms with E-state index in [0.29, 0.717) is 11.1 Å². The summed E-state index contributed by atoms with van der Waals surface area (Å²) >= 11 is -0.175. The third kappa shape index (κ3) is 3.90. The maximum atomic E-state index is 12.0. The van der Waals surface area contributed by atoms with Crippen molar-refractivity contribution in [2.75, 3.05) is 0 Å². The molecule has 0 fully saturated rings. The molecule has 0 aliphatic carbocycles. The molecular formula is C11H11F3OS. The van der Waals surface area contributed by atoms with Gasteiger partial charge in [0.2, 0.25) is 0 Å². The number of alkyl halides is 3. The predicted octanol–water partition coefficient (Wildman–Crippen LogP) is 3.91. The normalized spacial score (nSPS) is 13.6. The number of thioether (sulfide) groups is 1. The first kappa shape index (κ1) is 13.1. The standard InChI is InChI=1S/C11H11F3OS/c1-7(2)10(15)8-3-5-9(6-4-8)16-11(12,13)14/h3-6,10,15H,1H2,2H3. The Morgan fingerprint density at radius 2 is 1.81 bits per heavy atom. The third-order valence-electron chi connectivity index (χ3n) is 1.90. The van der Waals surface area contributed by atoms with Crippen LogP contribution in [0.5, 0.6) is 0 Å². The maximum Gasteiger partial charge on any atom is 0.446 e. The molecule has 0 spiro atoms. The van der Waals surface area contributed by atoms with Crippen LogP contribution in [0.2, 0.25) is 0 Å². The SMILES string of the molecule is C=C(C)C(O)c1ccc(SC(F)(F)F)cc1. The number of aliphatic hydroxyl groups excluding tert-OH is 1. The van der Waals surface area contributed by atoms with Crippen LogP contribution >= 0.6 is 11.8 Å². The van der Waals surface area contributed by atoms with Gasteiger partial charge in [-0.15, -0.1) is 0 Å². The summed E-state index contributed by atoms with van der Waals surface area (Å²) in [6.45, 7) is 5.23. The Balaban J connectivity index is 2.79. The molecule has 1 atom stereocenters. The van der Waals surface area contributed by atoms with Crippen LogP contribution in [0.15, 0.2) is 41.3 Å². The molecular weight excluding hydrogens is 237 g/mol. The molecule has 0 heterocycles. The number of aliphatic hydroxyl groups is 1. The molecule has 0 amide bonds. The first-order valence-corrected chi connectivity index (χ1v) is 5.30. The number of benzene rings is 1. The van der Waals surface area contributed by atoms with Crippen molar-refractivity contribution in [2.24, 2.45) is 0 Å². The number of halogens is 3. The molecule has 5 heteroatoms. The quantitative estimate of drug-likeness (QED) is 0.646. The van der Waals surface area contributed by atoms with E-state index in [1.54, 1.807) is 6.92 Å². The lowest BCUT2D eigenvalue weighted by molar-refractivity contribution is -0.0328. The van der Waals surface area contributed by atoms with E-state index in [-0.39, 0.29) is 16.7 Å². The topological polar surface area (TPSA) is 20.2 Å². The van der Waals surface area contributed by atoms with Crippen LogP contribution in [0.4, 0.5) is 13.2 Å². The minimum Gasteiger partial charge on any atom is -0.384 e. The fraction of sp³-hybridized carbons (Fsp3) is 0.273. The van der Waals surface area contributed by atoms with Crippen molar-refractivity contribution < 1.29 is 18.3 Å². The van der Waals surface area contributed by atoms with Gasteiger partial charge in [-0.05, 0) is 42.0 Å². The van der Waals surface area contributed by atoms with Gasteiger partial charge < -0.3 is 5.11 Å². The van der Waals surface area contributed by atoms with Crippen molar-refractivity contribution in [2.45, 2.75) is 23.4 Å². The number of hydrogen-bond acceptors (Lipinski definition) is 2. The molecule has 0 aromatic heterocycles. The van der Waals surface area contributed by atoms with Crippen molar-refractivity contribution >= 4 is 11.8 Å². The van der Waals surface area contributed by atoms with Crippen LogP contribution < -0.4 is 0 Å². The zero-order chi connectivity index (χ0) is 12.3. The van der Waals surface area contributed by atoms with Gasteiger partial charge in [-0.1, -0.05) is 18.7 Å². The Bertz CT molecular complexity index is 370. The van der Waals surface area contributed by atoms with Crippen LogP contribution in [0.3, 0.4) is 0 Å².